The van der Waals surface area contributed by atoms with E-state index in [1.165, 1.54) is 0 Å². The van der Waals surface area contributed by atoms with Crippen LogP contribution < -0.4 is 9.88 Å². The highest BCUT2D eigenvalue weighted by atomic mass is 16.6. The second-order valence-corrected chi connectivity index (χ2v) is 9.39. The maximum absolute atomic E-state index is 12.5. The van der Waals surface area contributed by atoms with E-state index in [0.717, 1.165) is 49.7 Å². The number of hydrogen-bond acceptors (Lipinski definition) is 4. The van der Waals surface area contributed by atoms with E-state index in [2.05, 4.69) is 47.3 Å². The van der Waals surface area contributed by atoms with Crippen molar-refractivity contribution < 1.29 is 19.2 Å². The number of hydrogen-bond donors (Lipinski definition) is 2. The fourth-order valence-corrected chi connectivity index (χ4v) is 4.29. The van der Waals surface area contributed by atoms with Gasteiger partial charge in [-0.15, -0.1) is 0 Å². The molecule has 5 nitrogen and oxygen atoms in total. The number of benzene rings is 3. The van der Waals surface area contributed by atoms with Gasteiger partial charge in [0.2, 0.25) is 11.2 Å². The second-order valence-electron chi connectivity index (χ2n) is 9.39. The summed E-state index contributed by atoms with van der Waals surface area (Å²) in [7, 11) is 3.98. The number of aliphatic hydroxyl groups is 1. The Morgan fingerprint density at radius 1 is 0.939 bits per heavy atom. The average Bonchev–Trinajstić information content (AvgIpc) is 2.78. The van der Waals surface area contributed by atoms with Crippen LogP contribution >= 0.6 is 0 Å². The number of anilines is 1. The first-order chi connectivity index (χ1) is 15.7. The van der Waals surface area contributed by atoms with E-state index >= 15 is 0 Å². The van der Waals surface area contributed by atoms with Crippen LogP contribution in [0.1, 0.15) is 31.9 Å². The normalized spacial score (nSPS) is 11.7. The molecule has 33 heavy (non-hydrogen) atoms. The molecule has 2 N–H and O–H groups in total. The van der Waals surface area contributed by atoms with Crippen LogP contribution in [0.2, 0.25) is 0 Å². The molecule has 0 aliphatic heterocycles. The summed E-state index contributed by atoms with van der Waals surface area (Å²) in [5.41, 5.74) is 5.52. The molecule has 0 spiro atoms. The second kappa shape index (κ2) is 8.83. The molecule has 3 aromatic carbocycles. The molecule has 0 radical (unpaired) electrons. The fraction of sp³-hybridized carbons (Fsp3) is 0.286. The molecule has 1 aromatic heterocycles. The van der Waals surface area contributed by atoms with Crippen molar-refractivity contribution in [2.45, 2.75) is 39.4 Å². The Labute approximate surface area is 194 Å². The molecule has 0 amide bonds. The van der Waals surface area contributed by atoms with Gasteiger partial charge in [-0.2, -0.15) is 4.57 Å². The maximum atomic E-state index is 12.5. The van der Waals surface area contributed by atoms with Gasteiger partial charge in [-0.25, -0.2) is 0 Å². The van der Waals surface area contributed by atoms with Crippen molar-refractivity contribution in [3.05, 3.63) is 71.8 Å². The van der Waals surface area contributed by atoms with Crippen molar-refractivity contribution in [1.29, 1.82) is 0 Å². The van der Waals surface area contributed by atoms with Crippen LogP contribution in [0.3, 0.4) is 0 Å². The number of nitrogens with zero attached hydrogens (tertiary/aromatic N) is 1. The highest BCUT2D eigenvalue weighted by molar-refractivity contribution is 6.09. The molecular weight excluding hydrogens is 412 g/mol. The SMILES string of the molecule is CNc1ccc2c3ccc(CC(=O)OC(C)(C)C)cc3c(-c3ccc(CO)cc3)[n+](C)c2c1. The molecule has 5 heteroatoms. The minimum absolute atomic E-state index is 0.0104. The largest absolute Gasteiger partial charge is 0.460 e. The quantitative estimate of drug-likeness (QED) is 0.262. The molecule has 0 saturated heterocycles. The van der Waals surface area contributed by atoms with E-state index in [4.69, 9.17) is 4.74 Å². The van der Waals surface area contributed by atoms with Crippen molar-refractivity contribution in [2.24, 2.45) is 7.05 Å². The molecule has 0 bridgehead atoms. The lowest BCUT2D eigenvalue weighted by molar-refractivity contribution is -0.632. The first-order valence-corrected chi connectivity index (χ1v) is 11.2. The summed E-state index contributed by atoms with van der Waals surface area (Å²) >= 11 is 0. The summed E-state index contributed by atoms with van der Waals surface area (Å²) in [6.45, 7) is 5.65. The van der Waals surface area contributed by atoms with Crippen LogP contribution in [-0.4, -0.2) is 23.7 Å². The predicted molar refractivity (Wildman–Crippen MR) is 133 cm³/mol. The molecule has 1 heterocycles. The summed E-state index contributed by atoms with van der Waals surface area (Å²) in [5, 5.41) is 16.0. The van der Waals surface area contributed by atoms with Crippen LogP contribution in [0.15, 0.2) is 60.7 Å². The molecular formula is C28H31N2O3+. The first kappa shape index (κ1) is 22.7. The lowest BCUT2D eigenvalue weighted by Crippen LogP contribution is -2.32. The predicted octanol–water partition coefficient (Wildman–Crippen LogP) is 4.90. The molecule has 0 unspecified atom stereocenters. The molecule has 0 aliphatic rings. The average molecular weight is 444 g/mol. The molecule has 0 aliphatic carbocycles. The molecule has 170 valence electrons. The van der Waals surface area contributed by atoms with Crippen LogP contribution in [0.4, 0.5) is 5.69 Å². The van der Waals surface area contributed by atoms with Gasteiger partial charge in [-0.1, -0.05) is 24.3 Å². The third kappa shape index (κ3) is 4.69. The number of fused-ring (bicyclic) bond motifs is 3. The zero-order valence-electron chi connectivity index (χ0n) is 19.9. The zero-order chi connectivity index (χ0) is 23.8. The molecule has 4 aromatic rings. The van der Waals surface area contributed by atoms with Crippen LogP contribution in [0.25, 0.3) is 32.9 Å². The van der Waals surface area contributed by atoms with Crippen molar-refractivity contribution in [3.63, 3.8) is 0 Å². The van der Waals surface area contributed by atoms with Gasteiger partial charge in [0.05, 0.1) is 23.8 Å². The number of aliphatic hydroxyl groups excluding tert-OH is 1. The van der Waals surface area contributed by atoms with E-state index in [9.17, 15) is 9.90 Å². The standard InChI is InChI=1S/C28H30N2O3/c1-28(2,3)33-26(32)15-19-8-12-22-23-13-11-21(29-4)16-25(23)30(5)27(24(22)14-19)20-9-6-18(17-31)7-10-20/h6-14,16,31H,15,17H2,1-5H3/p+1. The van der Waals surface area contributed by atoms with Gasteiger partial charge in [-0.05, 0) is 62.2 Å². The summed E-state index contributed by atoms with van der Waals surface area (Å²) in [6, 6.07) is 20.5. The number of carbonyl (C=O) groups excluding carboxylic acids is 1. The van der Waals surface area contributed by atoms with Crippen molar-refractivity contribution in [2.75, 3.05) is 12.4 Å². The van der Waals surface area contributed by atoms with Crippen molar-refractivity contribution in [3.8, 4) is 11.3 Å². The molecule has 0 saturated carbocycles. The summed E-state index contributed by atoms with van der Waals surface area (Å²) < 4.78 is 7.74. The molecule has 4 rings (SSSR count). The monoisotopic (exact) mass is 443 g/mol. The number of aromatic nitrogens is 1. The van der Waals surface area contributed by atoms with E-state index in [0.29, 0.717) is 0 Å². The minimum atomic E-state index is -0.513. The maximum Gasteiger partial charge on any atom is 0.310 e. The Balaban J connectivity index is 1.94. The van der Waals surface area contributed by atoms with Gasteiger partial charge in [0, 0.05) is 29.8 Å². The molecule has 0 fully saturated rings. The number of ether oxygens (including phenoxy) is 1. The number of rotatable bonds is 5. The summed E-state index contributed by atoms with van der Waals surface area (Å²) in [4.78, 5) is 12.5. The number of carbonyl (C=O) groups is 1. The Bertz CT molecular complexity index is 1340. The third-order valence-electron chi connectivity index (χ3n) is 5.79. The topological polar surface area (TPSA) is 62.4 Å². The van der Waals surface area contributed by atoms with Crippen molar-refractivity contribution in [1.82, 2.24) is 0 Å². The van der Waals surface area contributed by atoms with Crippen molar-refractivity contribution >= 4 is 33.3 Å². The van der Waals surface area contributed by atoms with Crippen LogP contribution in [0, 0.1) is 0 Å². The van der Waals surface area contributed by atoms with Gasteiger partial charge in [0.25, 0.3) is 0 Å². The number of aryl methyl sites for hydroxylation is 1. The smallest absolute Gasteiger partial charge is 0.310 e. The van der Waals surface area contributed by atoms with Crippen LogP contribution in [0.5, 0.6) is 0 Å². The third-order valence-corrected chi connectivity index (χ3v) is 5.79. The van der Waals surface area contributed by atoms with E-state index < -0.39 is 5.60 Å². The summed E-state index contributed by atoms with van der Waals surface area (Å²) in [5.74, 6) is -0.237. The van der Waals surface area contributed by atoms with E-state index in [-0.39, 0.29) is 19.0 Å². The lowest BCUT2D eigenvalue weighted by atomic mass is 9.96. The minimum Gasteiger partial charge on any atom is -0.460 e. The fourth-order valence-electron chi connectivity index (χ4n) is 4.29. The Hall–Kier alpha value is -3.44. The Morgan fingerprint density at radius 3 is 2.24 bits per heavy atom. The van der Waals surface area contributed by atoms with E-state index in [1.807, 2.05) is 58.2 Å². The van der Waals surface area contributed by atoms with Crippen LogP contribution in [-0.2, 0) is 29.6 Å². The zero-order valence-corrected chi connectivity index (χ0v) is 19.9. The Morgan fingerprint density at radius 2 is 1.61 bits per heavy atom. The lowest BCUT2D eigenvalue weighted by Gasteiger charge is -2.19. The van der Waals surface area contributed by atoms with Gasteiger partial charge >= 0.3 is 5.97 Å². The van der Waals surface area contributed by atoms with Gasteiger partial charge in [-0.3, -0.25) is 4.79 Å². The highest BCUT2D eigenvalue weighted by Gasteiger charge is 2.22. The number of esters is 1. The van der Waals surface area contributed by atoms with E-state index in [1.54, 1.807) is 0 Å². The molecule has 0 atom stereocenters. The number of nitrogens with one attached hydrogen (secondary N) is 1. The van der Waals surface area contributed by atoms with Gasteiger partial charge in [0.15, 0.2) is 0 Å². The summed E-state index contributed by atoms with van der Waals surface area (Å²) in [6.07, 6.45) is 0.219. The first-order valence-electron chi connectivity index (χ1n) is 11.2. The Kier molecular flexibility index (Phi) is 6.09. The number of pyridine rings is 1. The van der Waals surface area contributed by atoms with Gasteiger partial charge in [0.1, 0.15) is 12.6 Å². The van der Waals surface area contributed by atoms with Gasteiger partial charge < -0.3 is 15.2 Å². The highest BCUT2D eigenvalue weighted by Crippen LogP contribution is 2.33.